The fourth-order valence-electron chi connectivity index (χ4n) is 1.89. The van der Waals surface area contributed by atoms with Crippen LogP contribution in [0, 0.1) is 4.77 Å². The summed E-state index contributed by atoms with van der Waals surface area (Å²) in [5.74, 6) is -0.712. The molecule has 0 aliphatic carbocycles. The van der Waals surface area contributed by atoms with Gasteiger partial charge in [-0.2, -0.15) is 14.9 Å². The number of H-pyrrole nitrogens is 1. The average Bonchev–Trinajstić information content (AvgIpc) is 2.53. The fraction of sp³-hybridized carbons (Fsp3) is 0.214. The first kappa shape index (κ1) is 19.1. The third-order valence-corrected chi connectivity index (χ3v) is 3.87. The zero-order valence-corrected chi connectivity index (χ0v) is 15.2. The molecule has 0 saturated heterocycles. The van der Waals surface area contributed by atoms with Crippen molar-refractivity contribution in [2.45, 2.75) is 12.8 Å². The lowest BCUT2D eigenvalue weighted by Crippen LogP contribution is -2.25. The van der Waals surface area contributed by atoms with Crippen LogP contribution in [0.5, 0.6) is 5.75 Å². The molecule has 1 aromatic heterocycles. The van der Waals surface area contributed by atoms with E-state index < -0.39 is 11.5 Å². The minimum Gasteiger partial charge on any atom is -0.494 e. The van der Waals surface area contributed by atoms with Gasteiger partial charge in [0, 0.05) is 6.42 Å². The topological polar surface area (TPSA) is 110 Å². The third kappa shape index (κ3) is 4.65. The molecule has 2 N–H and O–H groups in total. The highest BCUT2D eigenvalue weighted by molar-refractivity contribution is 7.71. The molecular formula is C14H12Cl2N4O4S. The first-order chi connectivity index (χ1) is 11.8. The summed E-state index contributed by atoms with van der Waals surface area (Å²) in [5.41, 5.74) is -0.0769. The lowest BCUT2D eigenvalue weighted by molar-refractivity contribution is -0.136. The quantitative estimate of drug-likeness (QED) is 0.567. The molecule has 25 heavy (non-hydrogen) atoms. The Bertz CT molecular complexity index is 932. The Balaban J connectivity index is 2.38. The van der Waals surface area contributed by atoms with E-state index in [1.807, 2.05) is 0 Å². The lowest BCUT2D eigenvalue weighted by Gasteiger charge is -2.06. The maximum atomic E-state index is 12.3. The zero-order chi connectivity index (χ0) is 18.6. The van der Waals surface area contributed by atoms with E-state index in [-0.39, 0.29) is 33.4 Å². The van der Waals surface area contributed by atoms with Crippen LogP contribution in [0.15, 0.2) is 22.0 Å². The molecule has 0 amide bonds. The molecule has 0 bridgehead atoms. The molecule has 1 aromatic carbocycles. The number of nitrogens with one attached hydrogen (secondary N) is 1. The van der Waals surface area contributed by atoms with Gasteiger partial charge in [-0.15, -0.1) is 0 Å². The van der Waals surface area contributed by atoms with Gasteiger partial charge in [0.1, 0.15) is 5.69 Å². The number of rotatable bonds is 6. The molecular weight excluding hydrogens is 391 g/mol. The largest absolute Gasteiger partial charge is 0.494 e. The monoisotopic (exact) mass is 402 g/mol. The maximum Gasteiger partial charge on any atom is 0.303 e. The molecule has 11 heteroatoms. The first-order valence-corrected chi connectivity index (χ1v) is 7.99. The van der Waals surface area contributed by atoms with Gasteiger partial charge in [-0.3, -0.25) is 14.7 Å². The summed E-state index contributed by atoms with van der Waals surface area (Å²) in [5, 5.41) is 19.5. The van der Waals surface area contributed by atoms with Crippen molar-refractivity contribution in [3.63, 3.8) is 0 Å². The highest BCUT2D eigenvalue weighted by atomic mass is 35.5. The second-order valence-electron chi connectivity index (χ2n) is 4.75. The van der Waals surface area contributed by atoms with Gasteiger partial charge < -0.3 is 9.84 Å². The normalized spacial score (nSPS) is 11.0. The Hall–Kier alpha value is -2.23. The Morgan fingerprint density at radius 2 is 2.12 bits per heavy atom. The van der Waals surface area contributed by atoms with Crippen LogP contribution >= 0.6 is 35.4 Å². The number of carboxylic acids is 1. The fourth-order valence-corrected chi connectivity index (χ4v) is 2.73. The predicted octanol–water partition coefficient (Wildman–Crippen LogP) is 2.52. The van der Waals surface area contributed by atoms with Crippen molar-refractivity contribution in [3.8, 4) is 5.75 Å². The van der Waals surface area contributed by atoms with Gasteiger partial charge in [0.25, 0.3) is 5.56 Å². The van der Waals surface area contributed by atoms with Crippen LogP contribution in [-0.4, -0.2) is 39.3 Å². The van der Waals surface area contributed by atoms with Gasteiger partial charge in [0.05, 0.1) is 29.8 Å². The van der Waals surface area contributed by atoms with Crippen LogP contribution in [0.2, 0.25) is 10.0 Å². The number of benzene rings is 1. The molecule has 1 heterocycles. The number of methoxy groups -OCH3 is 1. The van der Waals surface area contributed by atoms with Crippen molar-refractivity contribution >= 4 is 47.6 Å². The molecule has 2 aromatic rings. The Labute approximate surface area is 156 Å². The third-order valence-electron chi connectivity index (χ3n) is 3.04. The molecule has 0 aliphatic rings. The lowest BCUT2D eigenvalue weighted by atomic mass is 10.2. The van der Waals surface area contributed by atoms with Crippen molar-refractivity contribution in [1.29, 1.82) is 0 Å². The van der Waals surface area contributed by atoms with Gasteiger partial charge in [0.15, 0.2) is 5.75 Å². The van der Waals surface area contributed by atoms with Crippen LogP contribution in [0.25, 0.3) is 0 Å². The van der Waals surface area contributed by atoms with Crippen molar-refractivity contribution in [2.75, 3.05) is 7.11 Å². The number of carboxylic acid groups (broad SMARTS) is 1. The molecule has 132 valence electrons. The van der Waals surface area contributed by atoms with Gasteiger partial charge in [-0.1, -0.05) is 23.2 Å². The van der Waals surface area contributed by atoms with Crippen molar-refractivity contribution in [1.82, 2.24) is 14.9 Å². The second-order valence-corrected chi connectivity index (χ2v) is 5.95. The first-order valence-electron chi connectivity index (χ1n) is 6.83. The molecule has 0 fully saturated rings. The van der Waals surface area contributed by atoms with Crippen LogP contribution in [0.3, 0.4) is 0 Å². The number of carbonyl (C=O) groups is 1. The number of nitrogens with zero attached hydrogens (tertiary/aromatic N) is 3. The van der Waals surface area contributed by atoms with Gasteiger partial charge in [-0.05, 0) is 29.9 Å². The minimum absolute atomic E-state index is 0.0129. The van der Waals surface area contributed by atoms with Crippen LogP contribution in [0.4, 0.5) is 0 Å². The smallest absolute Gasteiger partial charge is 0.303 e. The van der Waals surface area contributed by atoms with E-state index in [4.69, 9.17) is 45.3 Å². The SMILES string of the molecule is COc1c(Cl)cc(/C=N\n2c(=S)[nH]nc(CCC(=O)O)c2=O)cc1Cl. The summed E-state index contributed by atoms with van der Waals surface area (Å²) in [6, 6.07) is 3.11. The van der Waals surface area contributed by atoms with E-state index >= 15 is 0 Å². The van der Waals surface area contributed by atoms with E-state index in [9.17, 15) is 9.59 Å². The predicted molar refractivity (Wildman–Crippen MR) is 95.6 cm³/mol. The number of aromatic nitrogens is 3. The highest BCUT2D eigenvalue weighted by Gasteiger charge is 2.10. The average molecular weight is 403 g/mol. The standard InChI is InChI=1S/C14H12Cl2N4O4S/c1-24-12-8(15)4-7(5-9(12)16)6-17-20-13(23)10(2-3-11(21)22)18-19-14(20)25/h4-6H,2-3H2,1H3,(H,19,25)(H,21,22)/b17-6-. The number of hydrogen-bond acceptors (Lipinski definition) is 6. The van der Waals surface area contributed by atoms with Gasteiger partial charge >= 0.3 is 5.97 Å². The highest BCUT2D eigenvalue weighted by Crippen LogP contribution is 2.33. The molecule has 0 unspecified atom stereocenters. The Morgan fingerprint density at radius 1 is 1.48 bits per heavy atom. The number of hydrogen-bond donors (Lipinski definition) is 2. The summed E-state index contributed by atoms with van der Waals surface area (Å²) in [7, 11) is 1.44. The molecule has 2 rings (SSSR count). The number of ether oxygens (including phenoxy) is 1. The van der Waals surface area contributed by atoms with Crippen molar-refractivity contribution in [3.05, 3.63) is 48.6 Å². The van der Waals surface area contributed by atoms with Crippen LogP contribution in [0.1, 0.15) is 17.7 Å². The Morgan fingerprint density at radius 3 is 2.68 bits per heavy atom. The summed E-state index contributed by atoms with van der Waals surface area (Å²) in [4.78, 5) is 22.9. The second kappa shape index (κ2) is 8.24. The summed E-state index contributed by atoms with van der Waals surface area (Å²) >= 11 is 17.1. The van der Waals surface area contributed by atoms with Gasteiger partial charge in [-0.25, -0.2) is 0 Å². The molecule has 0 atom stereocenters. The maximum absolute atomic E-state index is 12.3. The molecule has 0 aliphatic heterocycles. The number of halogens is 2. The van der Waals surface area contributed by atoms with E-state index in [0.717, 1.165) is 4.68 Å². The van der Waals surface area contributed by atoms with Crippen molar-refractivity contribution in [2.24, 2.45) is 5.10 Å². The van der Waals surface area contributed by atoms with E-state index in [2.05, 4.69) is 15.3 Å². The molecule has 0 radical (unpaired) electrons. The summed E-state index contributed by atoms with van der Waals surface area (Å²) in [6.07, 6.45) is 1.06. The number of aromatic amines is 1. The van der Waals surface area contributed by atoms with E-state index in [1.54, 1.807) is 12.1 Å². The van der Waals surface area contributed by atoms with Gasteiger partial charge in [0.2, 0.25) is 4.77 Å². The minimum atomic E-state index is -1.04. The Kier molecular flexibility index (Phi) is 6.29. The number of aryl methyl sites for hydroxylation is 1. The molecule has 8 nitrogen and oxygen atoms in total. The van der Waals surface area contributed by atoms with Crippen LogP contribution < -0.4 is 10.3 Å². The van der Waals surface area contributed by atoms with E-state index in [0.29, 0.717) is 11.3 Å². The van der Waals surface area contributed by atoms with Crippen LogP contribution in [-0.2, 0) is 11.2 Å². The van der Waals surface area contributed by atoms with Crippen molar-refractivity contribution < 1.29 is 14.6 Å². The molecule has 0 saturated carbocycles. The van der Waals surface area contributed by atoms with E-state index in [1.165, 1.54) is 13.3 Å². The summed E-state index contributed by atoms with van der Waals surface area (Å²) < 4.78 is 5.92. The summed E-state index contributed by atoms with van der Waals surface area (Å²) in [6.45, 7) is 0. The zero-order valence-electron chi connectivity index (χ0n) is 12.8. The molecule has 0 spiro atoms. The number of aliphatic carboxylic acids is 1.